The summed E-state index contributed by atoms with van der Waals surface area (Å²) in [5.74, 6) is -0.748. The minimum atomic E-state index is -0.480. The fraction of sp³-hybridized carbons (Fsp3) is 0.235. The monoisotopic (exact) mass is 271 g/mol. The molecule has 104 valence electrons. The van der Waals surface area contributed by atoms with Gasteiger partial charge >= 0.3 is 0 Å². The highest BCUT2D eigenvalue weighted by Gasteiger charge is 2.16. The van der Waals surface area contributed by atoms with E-state index in [9.17, 15) is 9.18 Å². The summed E-state index contributed by atoms with van der Waals surface area (Å²) < 4.78 is 13.8. The summed E-state index contributed by atoms with van der Waals surface area (Å²) in [5.41, 5.74) is 2.89. The minimum Gasteiger partial charge on any atom is -0.344 e. The van der Waals surface area contributed by atoms with E-state index in [-0.39, 0.29) is 11.3 Å². The van der Waals surface area contributed by atoms with Crippen molar-refractivity contribution in [1.82, 2.24) is 0 Å². The second-order valence-corrected chi connectivity index (χ2v) is 4.77. The second kappa shape index (κ2) is 5.87. The molecule has 0 bridgehead atoms. The SMILES string of the molecule is CCc1ccc(N(C)c2cccc(F)c2C(C)=O)cc1. The molecule has 0 unspecified atom stereocenters. The van der Waals surface area contributed by atoms with Gasteiger partial charge in [0.25, 0.3) is 0 Å². The third-order valence-electron chi connectivity index (χ3n) is 3.44. The summed E-state index contributed by atoms with van der Waals surface area (Å²) in [5, 5.41) is 0. The first-order valence-electron chi connectivity index (χ1n) is 6.66. The Balaban J connectivity index is 2.44. The minimum absolute atomic E-state index is 0.134. The summed E-state index contributed by atoms with van der Waals surface area (Å²) in [4.78, 5) is 13.5. The number of hydrogen-bond donors (Lipinski definition) is 0. The molecule has 0 aliphatic rings. The third-order valence-corrected chi connectivity index (χ3v) is 3.44. The Bertz CT molecular complexity index is 619. The van der Waals surface area contributed by atoms with Crippen LogP contribution in [0.3, 0.4) is 0 Å². The van der Waals surface area contributed by atoms with E-state index in [0.29, 0.717) is 5.69 Å². The highest BCUT2D eigenvalue weighted by Crippen LogP contribution is 2.29. The molecule has 0 aliphatic carbocycles. The number of carbonyl (C=O) groups is 1. The number of benzene rings is 2. The van der Waals surface area contributed by atoms with Crippen LogP contribution in [-0.2, 0) is 6.42 Å². The predicted octanol–water partition coefficient (Wildman–Crippen LogP) is 4.36. The largest absolute Gasteiger partial charge is 0.344 e. The van der Waals surface area contributed by atoms with Crippen LogP contribution in [0, 0.1) is 5.82 Å². The maximum atomic E-state index is 13.8. The van der Waals surface area contributed by atoms with Crippen molar-refractivity contribution in [1.29, 1.82) is 0 Å². The molecule has 0 radical (unpaired) electrons. The van der Waals surface area contributed by atoms with Gasteiger partial charge in [0.1, 0.15) is 5.82 Å². The van der Waals surface area contributed by atoms with Crippen molar-refractivity contribution in [3.8, 4) is 0 Å². The van der Waals surface area contributed by atoms with Crippen LogP contribution in [-0.4, -0.2) is 12.8 Å². The van der Waals surface area contributed by atoms with Crippen molar-refractivity contribution >= 4 is 17.2 Å². The summed E-state index contributed by atoms with van der Waals surface area (Å²) in [7, 11) is 1.84. The van der Waals surface area contributed by atoms with Crippen molar-refractivity contribution < 1.29 is 9.18 Å². The van der Waals surface area contributed by atoms with Crippen LogP contribution < -0.4 is 4.90 Å². The van der Waals surface area contributed by atoms with Gasteiger partial charge in [-0.2, -0.15) is 0 Å². The molecule has 0 heterocycles. The third kappa shape index (κ3) is 2.72. The Morgan fingerprint density at radius 2 is 1.80 bits per heavy atom. The molecule has 0 saturated carbocycles. The zero-order valence-electron chi connectivity index (χ0n) is 12.0. The molecule has 0 amide bonds. The molecule has 0 atom stereocenters. The number of hydrogen-bond acceptors (Lipinski definition) is 2. The molecule has 0 N–H and O–H groups in total. The van der Waals surface area contributed by atoms with Crippen LogP contribution in [0.25, 0.3) is 0 Å². The molecule has 0 aromatic heterocycles. The topological polar surface area (TPSA) is 20.3 Å². The zero-order chi connectivity index (χ0) is 14.7. The standard InChI is InChI=1S/C17H18FNO/c1-4-13-8-10-14(11-9-13)19(3)16-7-5-6-15(18)17(16)12(2)20/h5-11H,4H2,1-3H3. The number of aryl methyl sites for hydroxylation is 1. The lowest BCUT2D eigenvalue weighted by atomic mass is 10.1. The summed E-state index contributed by atoms with van der Waals surface area (Å²) in [6, 6.07) is 12.7. The maximum absolute atomic E-state index is 13.8. The average molecular weight is 271 g/mol. The van der Waals surface area contributed by atoms with E-state index < -0.39 is 5.82 Å². The number of carbonyl (C=O) groups excluding carboxylic acids is 1. The van der Waals surface area contributed by atoms with E-state index >= 15 is 0 Å². The maximum Gasteiger partial charge on any atom is 0.164 e. The Morgan fingerprint density at radius 3 is 2.35 bits per heavy atom. The average Bonchev–Trinajstić information content (AvgIpc) is 2.46. The zero-order valence-corrected chi connectivity index (χ0v) is 12.0. The van der Waals surface area contributed by atoms with Gasteiger partial charge in [-0.1, -0.05) is 25.1 Å². The Labute approximate surface area is 118 Å². The molecule has 2 nitrogen and oxygen atoms in total. The van der Waals surface area contributed by atoms with Crippen LogP contribution in [0.5, 0.6) is 0 Å². The van der Waals surface area contributed by atoms with Crippen LogP contribution in [0.15, 0.2) is 42.5 Å². The number of nitrogens with zero attached hydrogens (tertiary/aromatic N) is 1. The molecule has 3 heteroatoms. The van der Waals surface area contributed by atoms with Crippen molar-refractivity contribution in [2.75, 3.05) is 11.9 Å². The predicted molar refractivity (Wildman–Crippen MR) is 80.3 cm³/mol. The van der Waals surface area contributed by atoms with Gasteiger partial charge in [0.15, 0.2) is 5.78 Å². The van der Waals surface area contributed by atoms with E-state index in [1.165, 1.54) is 18.6 Å². The Morgan fingerprint density at radius 1 is 1.15 bits per heavy atom. The van der Waals surface area contributed by atoms with Crippen molar-refractivity contribution in [2.24, 2.45) is 0 Å². The Kier molecular flexibility index (Phi) is 4.18. The van der Waals surface area contributed by atoms with E-state index in [1.54, 1.807) is 12.1 Å². The van der Waals surface area contributed by atoms with E-state index in [0.717, 1.165) is 12.1 Å². The van der Waals surface area contributed by atoms with Crippen LogP contribution in [0.4, 0.5) is 15.8 Å². The van der Waals surface area contributed by atoms with Crippen molar-refractivity contribution in [3.05, 3.63) is 59.4 Å². The van der Waals surface area contributed by atoms with Gasteiger partial charge in [-0.05, 0) is 43.2 Å². The summed E-state index contributed by atoms with van der Waals surface area (Å²) >= 11 is 0. The number of anilines is 2. The van der Waals surface area contributed by atoms with Gasteiger partial charge < -0.3 is 4.90 Å². The van der Waals surface area contributed by atoms with Gasteiger partial charge in [0, 0.05) is 12.7 Å². The highest BCUT2D eigenvalue weighted by molar-refractivity contribution is 6.00. The van der Waals surface area contributed by atoms with Crippen molar-refractivity contribution in [3.63, 3.8) is 0 Å². The first-order chi connectivity index (χ1) is 9.54. The number of ketones is 1. The Hall–Kier alpha value is -2.16. The lowest BCUT2D eigenvalue weighted by Gasteiger charge is -2.22. The van der Waals surface area contributed by atoms with E-state index in [4.69, 9.17) is 0 Å². The smallest absolute Gasteiger partial charge is 0.164 e. The van der Waals surface area contributed by atoms with Gasteiger partial charge in [-0.15, -0.1) is 0 Å². The summed E-state index contributed by atoms with van der Waals surface area (Å²) in [6.07, 6.45) is 0.975. The molecule has 2 aromatic rings. The molecule has 20 heavy (non-hydrogen) atoms. The second-order valence-electron chi connectivity index (χ2n) is 4.77. The van der Waals surface area contributed by atoms with Crippen LogP contribution in [0.2, 0.25) is 0 Å². The van der Waals surface area contributed by atoms with Crippen LogP contribution in [0.1, 0.15) is 29.8 Å². The molecule has 0 spiro atoms. The van der Waals surface area contributed by atoms with Gasteiger partial charge in [-0.25, -0.2) is 4.39 Å². The molecular weight excluding hydrogens is 253 g/mol. The summed E-state index contributed by atoms with van der Waals surface area (Å²) in [6.45, 7) is 3.48. The van der Waals surface area contributed by atoms with Crippen LogP contribution >= 0.6 is 0 Å². The fourth-order valence-corrected chi connectivity index (χ4v) is 2.24. The van der Waals surface area contributed by atoms with Crippen molar-refractivity contribution in [2.45, 2.75) is 20.3 Å². The molecule has 0 saturated heterocycles. The highest BCUT2D eigenvalue weighted by atomic mass is 19.1. The first-order valence-corrected chi connectivity index (χ1v) is 6.66. The van der Waals surface area contributed by atoms with E-state index in [1.807, 2.05) is 36.2 Å². The van der Waals surface area contributed by atoms with Gasteiger partial charge in [-0.3, -0.25) is 4.79 Å². The van der Waals surface area contributed by atoms with E-state index in [2.05, 4.69) is 6.92 Å². The number of halogens is 1. The molecular formula is C17H18FNO. The number of rotatable bonds is 4. The normalized spacial score (nSPS) is 10.4. The fourth-order valence-electron chi connectivity index (χ4n) is 2.24. The first kappa shape index (κ1) is 14.3. The molecule has 0 fully saturated rings. The molecule has 2 aromatic carbocycles. The molecule has 0 aliphatic heterocycles. The quantitative estimate of drug-likeness (QED) is 0.770. The van der Waals surface area contributed by atoms with Gasteiger partial charge in [0.05, 0.1) is 11.3 Å². The lowest BCUT2D eigenvalue weighted by molar-refractivity contribution is 0.101. The number of Topliss-reactive ketones (excluding diaryl/α,β-unsaturated/α-hetero) is 1. The lowest BCUT2D eigenvalue weighted by Crippen LogP contribution is -2.14. The molecule has 2 rings (SSSR count). The van der Waals surface area contributed by atoms with Gasteiger partial charge in [0.2, 0.25) is 0 Å².